The molecule has 1 N–H and O–H groups in total. The first-order chi connectivity index (χ1) is 15.0. The number of hydrogen-bond acceptors (Lipinski definition) is 7. The molecule has 1 aliphatic carbocycles. The molecule has 0 aromatic heterocycles. The van der Waals surface area contributed by atoms with Crippen LogP contribution in [-0.4, -0.2) is 60.7 Å². The van der Waals surface area contributed by atoms with Crippen LogP contribution >= 0.6 is 0 Å². The number of carbonyl (C=O) groups is 1. The molecule has 1 aromatic carbocycles. The Morgan fingerprint density at radius 1 is 1.23 bits per heavy atom. The lowest BCUT2D eigenvalue weighted by atomic mass is 9.86. The topological polar surface area (TPSA) is 77.5 Å². The molecular weight excluding hydrogens is 398 g/mol. The van der Waals surface area contributed by atoms with E-state index in [0.29, 0.717) is 19.3 Å². The van der Waals surface area contributed by atoms with Gasteiger partial charge in [0.25, 0.3) is 0 Å². The van der Waals surface area contributed by atoms with E-state index < -0.39 is 17.7 Å². The predicted octanol–water partition coefficient (Wildman–Crippen LogP) is 2.90. The summed E-state index contributed by atoms with van der Waals surface area (Å²) in [6.45, 7) is 5.91. The van der Waals surface area contributed by atoms with E-state index in [0.717, 1.165) is 48.8 Å². The number of esters is 1. The smallest absolute Gasteiger partial charge is 0.338 e. The first kappa shape index (κ1) is 20.6. The fourth-order valence-corrected chi connectivity index (χ4v) is 5.81. The van der Waals surface area contributed by atoms with E-state index in [1.54, 1.807) is 7.11 Å². The number of carbonyl (C=O) groups excluding carboxylic acids is 1. The van der Waals surface area contributed by atoms with Gasteiger partial charge in [-0.2, -0.15) is 0 Å². The van der Waals surface area contributed by atoms with Crippen molar-refractivity contribution in [2.75, 3.05) is 27.0 Å². The van der Waals surface area contributed by atoms with Crippen LogP contribution in [-0.2, 0) is 20.7 Å². The molecule has 3 aliphatic heterocycles. The highest BCUT2D eigenvalue weighted by atomic mass is 16.7. The van der Waals surface area contributed by atoms with Crippen molar-refractivity contribution < 1.29 is 28.8 Å². The van der Waals surface area contributed by atoms with Crippen LogP contribution in [0.25, 0.3) is 0 Å². The summed E-state index contributed by atoms with van der Waals surface area (Å²) in [4.78, 5) is 15.6. The van der Waals surface area contributed by atoms with Crippen LogP contribution in [0.3, 0.4) is 0 Å². The summed E-state index contributed by atoms with van der Waals surface area (Å²) in [5.74, 6) is 1.60. The first-order valence-electron chi connectivity index (χ1n) is 11.4. The van der Waals surface area contributed by atoms with Gasteiger partial charge < -0.3 is 24.1 Å². The summed E-state index contributed by atoms with van der Waals surface area (Å²) in [6, 6.07) is 4.26. The Bertz CT molecular complexity index is 927. The van der Waals surface area contributed by atoms with Gasteiger partial charge >= 0.3 is 5.97 Å². The van der Waals surface area contributed by atoms with Gasteiger partial charge in [-0.1, -0.05) is 20.3 Å². The van der Waals surface area contributed by atoms with Crippen LogP contribution < -0.4 is 9.47 Å². The van der Waals surface area contributed by atoms with Crippen molar-refractivity contribution >= 4 is 5.97 Å². The Hall–Kier alpha value is -2.25. The fraction of sp³-hybridized carbons (Fsp3) is 0.625. The molecule has 4 atom stereocenters. The molecule has 7 nitrogen and oxygen atoms in total. The van der Waals surface area contributed by atoms with Gasteiger partial charge in [-0.25, -0.2) is 4.79 Å². The molecule has 1 aromatic rings. The summed E-state index contributed by atoms with van der Waals surface area (Å²) in [6.07, 6.45) is 2.65. The van der Waals surface area contributed by atoms with Gasteiger partial charge in [0.05, 0.1) is 7.11 Å². The highest BCUT2D eigenvalue weighted by Gasteiger charge is 2.54. The molecule has 3 unspecified atom stereocenters. The molecule has 0 amide bonds. The summed E-state index contributed by atoms with van der Waals surface area (Å²) in [5, 5.41) is 10.9. The van der Waals surface area contributed by atoms with E-state index in [2.05, 4.69) is 17.0 Å². The number of rotatable bonds is 6. The Labute approximate surface area is 182 Å². The maximum atomic E-state index is 13.2. The monoisotopic (exact) mass is 429 g/mol. The van der Waals surface area contributed by atoms with Gasteiger partial charge in [-0.15, -0.1) is 0 Å². The molecule has 4 aliphatic rings. The summed E-state index contributed by atoms with van der Waals surface area (Å²) in [7, 11) is 1.65. The minimum absolute atomic E-state index is 0.0915. The third-order valence-corrected chi connectivity index (χ3v) is 7.40. The highest BCUT2D eigenvalue weighted by Crippen LogP contribution is 2.52. The van der Waals surface area contributed by atoms with Crippen LogP contribution in [0.15, 0.2) is 23.5 Å². The van der Waals surface area contributed by atoms with Gasteiger partial charge in [0.1, 0.15) is 5.76 Å². The Kier molecular flexibility index (Phi) is 5.13. The summed E-state index contributed by atoms with van der Waals surface area (Å²) < 4.78 is 23.2. The van der Waals surface area contributed by atoms with Crippen LogP contribution in [0.2, 0.25) is 0 Å². The normalized spacial score (nSPS) is 28.1. The van der Waals surface area contributed by atoms with Gasteiger partial charge in [0, 0.05) is 25.0 Å². The second kappa shape index (κ2) is 7.71. The summed E-state index contributed by atoms with van der Waals surface area (Å²) in [5.41, 5.74) is 2.06. The number of hydrogen-bond donors (Lipinski definition) is 1. The second-order valence-corrected chi connectivity index (χ2v) is 8.97. The van der Waals surface area contributed by atoms with Gasteiger partial charge in [0.15, 0.2) is 23.2 Å². The van der Waals surface area contributed by atoms with E-state index in [1.807, 2.05) is 13.8 Å². The highest BCUT2D eigenvalue weighted by molar-refractivity contribution is 5.79. The lowest BCUT2D eigenvalue weighted by Gasteiger charge is -2.32. The molecular formula is C24H31NO6. The number of ether oxygens (including phenoxy) is 4. The number of nitrogens with zero attached hydrogens (tertiary/aromatic N) is 1. The van der Waals surface area contributed by atoms with E-state index in [9.17, 15) is 9.90 Å². The number of aliphatic hydroxyl groups is 1. The minimum Gasteiger partial charge on any atom is -0.497 e. The molecule has 0 saturated carbocycles. The third kappa shape index (κ3) is 3.12. The predicted molar refractivity (Wildman–Crippen MR) is 113 cm³/mol. The first-order valence-corrected chi connectivity index (χ1v) is 11.4. The van der Waals surface area contributed by atoms with Crippen LogP contribution in [0.4, 0.5) is 0 Å². The molecule has 0 radical (unpaired) electrons. The molecule has 7 heteroatoms. The Morgan fingerprint density at radius 3 is 2.68 bits per heavy atom. The molecule has 1 fully saturated rings. The standard InChI is InChI=1S/C24H31NO6/c1-4-8-24(27,5-2)23(26)31-22-19-16-12-18-17(29-13-30-18)11-14(16)6-9-25-10-7-15(20(19)25)21(22)28-3/h11-12,19-20,22,27H,4-10,13H2,1-3H3/t19-,20?,22?,24?/m0/s1. The van der Waals surface area contributed by atoms with Gasteiger partial charge in [-0.05, 0) is 54.5 Å². The van der Waals surface area contributed by atoms with Crippen molar-refractivity contribution in [3.8, 4) is 11.5 Å². The lowest BCUT2D eigenvalue weighted by molar-refractivity contribution is -0.173. The molecule has 1 saturated heterocycles. The molecule has 0 spiro atoms. The number of fused-ring (bicyclic) bond motifs is 3. The van der Waals surface area contributed by atoms with Crippen molar-refractivity contribution in [1.29, 1.82) is 0 Å². The lowest BCUT2D eigenvalue weighted by Crippen LogP contribution is -2.44. The second-order valence-electron chi connectivity index (χ2n) is 8.97. The van der Waals surface area contributed by atoms with Crippen molar-refractivity contribution in [1.82, 2.24) is 4.90 Å². The van der Waals surface area contributed by atoms with Crippen LogP contribution in [0.5, 0.6) is 11.5 Å². The van der Waals surface area contributed by atoms with Crippen molar-refractivity contribution in [3.05, 3.63) is 34.6 Å². The SMILES string of the molecule is CCCC(O)(CC)C(=O)OC1C(OC)=C2CCN3CCc4cc5c(cc4[C@H]1C23)OCO5. The van der Waals surface area contributed by atoms with Crippen molar-refractivity contribution in [3.63, 3.8) is 0 Å². The largest absolute Gasteiger partial charge is 0.497 e. The average molecular weight is 430 g/mol. The molecule has 5 rings (SSSR count). The maximum Gasteiger partial charge on any atom is 0.338 e. The molecule has 3 heterocycles. The fourth-order valence-electron chi connectivity index (χ4n) is 5.81. The van der Waals surface area contributed by atoms with E-state index in [4.69, 9.17) is 18.9 Å². The van der Waals surface area contributed by atoms with E-state index in [1.165, 1.54) is 11.1 Å². The Morgan fingerprint density at radius 2 is 1.97 bits per heavy atom. The quantitative estimate of drug-likeness (QED) is 0.697. The van der Waals surface area contributed by atoms with Crippen LogP contribution in [0.1, 0.15) is 56.6 Å². The van der Waals surface area contributed by atoms with Crippen LogP contribution in [0, 0.1) is 0 Å². The Balaban J connectivity index is 1.57. The van der Waals surface area contributed by atoms with Gasteiger partial charge in [0.2, 0.25) is 6.79 Å². The molecule has 31 heavy (non-hydrogen) atoms. The zero-order chi connectivity index (χ0) is 21.8. The van der Waals surface area contributed by atoms with Gasteiger partial charge in [-0.3, -0.25) is 4.90 Å². The average Bonchev–Trinajstić information content (AvgIpc) is 3.43. The van der Waals surface area contributed by atoms with E-state index >= 15 is 0 Å². The van der Waals surface area contributed by atoms with Crippen molar-refractivity contribution in [2.24, 2.45) is 0 Å². The number of benzene rings is 1. The molecule has 0 bridgehead atoms. The van der Waals surface area contributed by atoms with Crippen molar-refractivity contribution in [2.45, 2.75) is 69.6 Å². The minimum atomic E-state index is -1.47. The summed E-state index contributed by atoms with van der Waals surface area (Å²) >= 11 is 0. The zero-order valence-electron chi connectivity index (χ0n) is 18.5. The maximum absolute atomic E-state index is 13.2. The zero-order valence-corrected chi connectivity index (χ0v) is 18.5. The van der Waals surface area contributed by atoms with E-state index in [-0.39, 0.29) is 18.8 Å². The number of methoxy groups -OCH3 is 1. The molecule has 168 valence electrons. The third-order valence-electron chi connectivity index (χ3n) is 7.40.